The third-order valence-corrected chi connectivity index (χ3v) is 3.26. The van der Waals surface area contributed by atoms with Crippen molar-refractivity contribution < 1.29 is 19.5 Å². The molecule has 1 heterocycles. The SMILES string of the molecule is OB(O)c1ccc(Cl)cc1OCCN1CCOCC1. The second kappa shape index (κ2) is 7.12. The van der Waals surface area contributed by atoms with E-state index in [-0.39, 0.29) is 0 Å². The molecule has 1 saturated heterocycles. The Kier molecular flexibility index (Phi) is 5.48. The predicted molar refractivity (Wildman–Crippen MR) is 74.0 cm³/mol. The molecule has 5 nitrogen and oxygen atoms in total. The first-order valence-corrected chi connectivity index (χ1v) is 6.63. The second-order valence-corrected chi connectivity index (χ2v) is 4.79. The third kappa shape index (κ3) is 4.37. The molecule has 2 N–H and O–H groups in total. The fraction of sp³-hybridized carbons (Fsp3) is 0.500. The van der Waals surface area contributed by atoms with Gasteiger partial charge in [-0.1, -0.05) is 17.7 Å². The molecule has 1 aromatic rings. The van der Waals surface area contributed by atoms with E-state index in [0.717, 1.165) is 32.8 Å². The predicted octanol–water partition coefficient (Wildman–Crippen LogP) is -0.269. The lowest BCUT2D eigenvalue weighted by atomic mass is 9.79. The Labute approximate surface area is 117 Å². The molecule has 0 unspecified atom stereocenters. The summed E-state index contributed by atoms with van der Waals surface area (Å²) in [5.74, 6) is 0.413. The van der Waals surface area contributed by atoms with E-state index in [1.54, 1.807) is 18.2 Å². The highest BCUT2D eigenvalue weighted by molar-refractivity contribution is 6.59. The van der Waals surface area contributed by atoms with Crippen LogP contribution >= 0.6 is 11.6 Å². The quantitative estimate of drug-likeness (QED) is 0.729. The van der Waals surface area contributed by atoms with E-state index in [0.29, 0.717) is 22.8 Å². The van der Waals surface area contributed by atoms with Gasteiger partial charge in [0.25, 0.3) is 0 Å². The smallest absolute Gasteiger partial charge is 0.492 e. The second-order valence-electron chi connectivity index (χ2n) is 4.36. The van der Waals surface area contributed by atoms with Crippen LogP contribution in [0.4, 0.5) is 0 Å². The fourth-order valence-electron chi connectivity index (χ4n) is 1.96. The summed E-state index contributed by atoms with van der Waals surface area (Å²) >= 11 is 5.88. The van der Waals surface area contributed by atoms with E-state index in [1.165, 1.54) is 0 Å². The van der Waals surface area contributed by atoms with Crippen molar-refractivity contribution >= 4 is 24.2 Å². The van der Waals surface area contributed by atoms with E-state index in [4.69, 9.17) is 21.1 Å². The van der Waals surface area contributed by atoms with Crippen molar-refractivity contribution in [2.45, 2.75) is 0 Å². The number of nitrogens with zero attached hydrogens (tertiary/aromatic N) is 1. The summed E-state index contributed by atoms with van der Waals surface area (Å²) in [6, 6.07) is 4.75. The molecule has 0 aliphatic carbocycles. The molecule has 0 aromatic heterocycles. The van der Waals surface area contributed by atoms with Crippen LogP contribution in [0.25, 0.3) is 0 Å². The van der Waals surface area contributed by atoms with Crippen molar-refractivity contribution in [3.63, 3.8) is 0 Å². The van der Waals surface area contributed by atoms with Gasteiger partial charge in [0, 0.05) is 30.1 Å². The average molecular weight is 286 g/mol. The summed E-state index contributed by atoms with van der Waals surface area (Å²) in [5.41, 5.74) is 0.325. The molecule has 0 atom stereocenters. The standard InChI is InChI=1S/C12H17BClNO4/c14-10-1-2-11(13(16)17)12(9-10)19-8-5-15-3-6-18-7-4-15/h1-2,9,16-17H,3-8H2. The summed E-state index contributed by atoms with van der Waals surface area (Å²) < 4.78 is 10.9. The zero-order valence-electron chi connectivity index (χ0n) is 10.6. The fourth-order valence-corrected chi connectivity index (χ4v) is 2.12. The van der Waals surface area contributed by atoms with Crippen LogP contribution in [0, 0.1) is 0 Å². The van der Waals surface area contributed by atoms with Crippen LogP contribution in [0.3, 0.4) is 0 Å². The minimum atomic E-state index is -1.56. The molecule has 0 bridgehead atoms. The van der Waals surface area contributed by atoms with Gasteiger partial charge in [-0.15, -0.1) is 0 Å². The van der Waals surface area contributed by atoms with Crippen molar-refractivity contribution in [3.8, 4) is 5.75 Å². The Morgan fingerprint density at radius 3 is 2.74 bits per heavy atom. The highest BCUT2D eigenvalue weighted by Gasteiger charge is 2.18. The van der Waals surface area contributed by atoms with Crippen LogP contribution in [0.2, 0.25) is 5.02 Å². The number of halogens is 1. The van der Waals surface area contributed by atoms with Crippen LogP contribution in [0.5, 0.6) is 5.75 Å². The number of ether oxygens (including phenoxy) is 2. The van der Waals surface area contributed by atoms with E-state index in [9.17, 15) is 10.0 Å². The van der Waals surface area contributed by atoms with Gasteiger partial charge in [0.1, 0.15) is 12.4 Å². The van der Waals surface area contributed by atoms with Crippen molar-refractivity contribution in [1.29, 1.82) is 0 Å². The number of benzene rings is 1. The zero-order valence-corrected chi connectivity index (χ0v) is 11.3. The minimum absolute atomic E-state index is 0.325. The van der Waals surface area contributed by atoms with E-state index < -0.39 is 7.12 Å². The monoisotopic (exact) mass is 285 g/mol. The highest BCUT2D eigenvalue weighted by atomic mass is 35.5. The van der Waals surface area contributed by atoms with Gasteiger partial charge >= 0.3 is 7.12 Å². The minimum Gasteiger partial charge on any atom is -0.493 e. The molecule has 1 aromatic carbocycles. The lowest BCUT2D eigenvalue weighted by molar-refractivity contribution is 0.0323. The molecule has 1 aliphatic rings. The Hall–Kier alpha value is -0.785. The van der Waals surface area contributed by atoms with Crippen molar-refractivity contribution in [2.24, 2.45) is 0 Å². The average Bonchev–Trinajstić information content (AvgIpc) is 2.39. The van der Waals surface area contributed by atoms with Crippen LogP contribution in [-0.2, 0) is 4.74 Å². The molecule has 1 fully saturated rings. The van der Waals surface area contributed by atoms with Crippen LogP contribution < -0.4 is 10.2 Å². The molecular formula is C12H17BClNO4. The molecule has 0 spiro atoms. The lowest BCUT2D eigenvalue weighted by Gasteiger charge is -2.26. The number of rotatable bonds is 5. The molecule has 1 aliphatic heterocycles. The van der Waals surface area contributed by atoms with Crippen molar-refractivity contribution in [1.82, 2.24) is 4.90 Å². The Bertz CT molecular complexity index is 413. The molecule has 7 heteroatoms. The molecule has 0 saturated carbocycles. The normalized spacial score (nSPS) is 16.4. The van der Waals surface area contributed by atoms with Gasteiger partial charge in [-0.05, 0) is 12.1 Å². The maximum Gasteiger partial charge on any atom is 0.492 e. The van der Waals surface area contributed by atoms with E-state index in [2.05, 4.69) is 4.90 Å². The van der Waals surface area contributed by atoms with Crippen LogP contribution in [0.15, 0.2) is 18.2 Å². The van der Waals surface area contributed by atoms with Crippen LogP contribution in [0.1, 0.15) is 0 Å². The number of morpholine rings is 1. The zero-order chi connectivity index (χ0) is 13.7. The van der Waals surface area contributed by atoms with Gasteiger partial charge in [0.15, 0.2) is 0 Å². The molecule has 104 valence electrons. The topological polar surface area (TPSA) is 62.2 Å². The third-order valence-electron chi connectivity index (χ3n) is 3.02. The molecular weight excluding hydrogens is 268 g/mol. The molecule has 0 radical (unpaired) electrons. The summed E-state index contributed by atoms with van der Waals surface area (Å²) in [6.07, 6.45) is 0. The highest BCUT2D eigenvalue weighted by Crippen LogP contribution is 2.16. The first-order valence-electron chi connectivity index (χ1n) is 6.25. The van der Waals surface area contributed by atoms with Gasteiger partial charge in [0.2, 0.25) is 0 Å². The van der Waals surface area contributed by atoms with Gasteiger partial charge < -0.3 is 19.5 Å². The van der Waals surface area contributed by atoms with Crippen molar-refractivity contribution in [2.75, 3.05) is 39.5 Å². The number of hydrogen-bond donors (Lipinski definition) is 2. The first-order chi connectivity index (χ1) is 9.16. The van der Waals surface area contributed by atoms with Gasteiger partial charge in [-0.25, -0.2) is 0 Å². The maximum atomic E-state index is 9.25. The van der Waals surface area contributed by atoms with Gasteiger partial charge in [-0.3, -0.25) is 4.90 Å². The molecule has 19 heavy (non-hydrogen) atoms. The first kappa shape index (κ1) is 14.6. The summed E-state index contributed by atoms with van der Waals surface area (Å²) in [4.78, 5) is 2.24. The van der Waals surface area contributed by atoms with Gasteiger partial charge in [0.05, 0.1) is 13.2 Å². The maximum absolute atomic E-state index is 9.25. The Morgan fingerprint density at radius 1 is 1.32 bits per heavy atom. The Morgan fingerprint density at radius 2 is 2.05 bits per heavy atom. The molecule has 0 amide bonds. The summed E-state index contributed by atoms with van der Waals surface area (Å²) in [6.45, 7) is 4.54. The number of hydrogen-bond acceptors (Lipinski definition) is 5. The molecule has 2 rings (SSSR count). The lowest BCUT2D eigenvalue weighted by Crippen LogP contribution is -2.39. The largest absolute Gasteiger partial charge is 0.493 e. The van der Waals surface area contributed by atoms with E-state index in [1.807, 2.05) is 0 Å². The van der Waals surface area contributed by atoms with E-state index >= 15 is 0 Å². The van der Waals surface area contributed by atoms with Crippen LogP contribution in [-0.4, -0.2) is 61.5 Å². The van der Waals surface area contributed by atoms with Gasteiger partial charge in [-0.2, -0.15) is 0 Å². The summed E-state index contributed by atoms with van der Waals surface area (Å²) in [7, 11) is -1.56. The summed E-state index contributed by atoms with van der Waals surface area (Å²) in [5, 5.41) is 19.0. The Balaban J connectivity index is 1.89. The van der Waals surface area contributed by atoms with Crippen molar-refractivity contribution in [3.05, 3.63) is 23.2 Å².